The van der Waals surface area contributed by atoms with Gasteiger partial charge in [0, 0.05) is 0 Å². The summed E-state index contributed by atoms with van der Waals surface area (Å²) in [7, 11) is 0. The van der Waals surface area contributed by atoms with Gasteiger partial charge in [0.1, 0.15) is 0 Å². The first-order valence-electron chi connectivity index (χ1n) is 3.63. The van der Waals surface area contributed by atoms with Gasteiger partial charge in [-0.15, -0.1) is 0 Å². The summed E-state index contributed by atoms with van der Waals surface area (Å²) >= 11 is -0.301. The van der Waals surface area contributed by atoms with Gasteiger partial charge in [-0.05, 0) is 0 Å². The zero-order valence-corrected chi connectivity index (χ0v) is 10.1. The minimum absolute atomic E-state index is 0.301. The molecule has 0 rings (SSSR count). The number of rotatable bonds is 6. The molecule has 0 aliphatic heterocycles. The molecule has 0 amide bonds. The molecule has 0 bridgehead atoms. The molecule has 0 atom stereocenters. The van der Waals surface area contributed by atoms with Gasteiger partial charge >= 0.3 is 70.3 Å². The van der Waals surface area contributed by atoms with E-state index in [1.807, 2.05) is 12.2 Å². The number of allylic oxidation sites excluding steroid dienone is 2. The Morgan fingerprint density at radius 1 is 1.00 bits per heavy atom. The van der Waals surface area contributed by atoms with E-state index in [0.717, 1.165) is 0 Å². The minimum atomic E-state index is -0.301. The fraction of sp³-hybridized carbons (Fsp3) is 0.500. The van der Waals surface area contributed by atoms with Gasteiger partial charge in [0.25, 0.3) is 0 Å². The summed E-state index contributed by atoms with van der Waals surface area (Å²) in [5.74, 6) is 0. The second-order valence-corrected chi connectivity index (χ2v) is 8.27. The molecule has 48 valence electrons. The van der Waals surface area contributed by atoms with Crippen molar-refractivity contribution in [3.63, 3.8) is 0 Å². The van der Waals surface area contributed by atoms with Gasteiger partial charge in [-0.3, -0.25) is 0 Å². The van der Waals surface area contributed by atoms with Crippen molar-refractivity contribution >= 4 is 0 Å². The molecule has 0 heterocycles. The second kappa shape index (κ2) is 8.40. The molecule has 0 saturated heterocycles. The maximum atomic E-state index is 3.69. The summed E-state index contributed by atoms with van der Waals surface area (Å²) in [6.45, 7) is 7.38. The van der Waals surface area contributed by atoms with E-state index < -0.39 is 0 Å². The van der Waals surface area contributed by atoms with Crippen molar-refractivity contribution in [2.45, 2.75) is 20.8 Å². The van der Waals surface area contributed by atoms with Crippen LogP contribution >= 0.6 is 0 Å². The molecular weight excluding hydrogens is 208 g/mol. The normalized spacial score (nSPS) is 8.00. The Balaban J connectivity index is 2.74. The zero-order valence-electron chi connectivity index (χ0n) is 6.10. The molecule has 0 N–H and O–H groups in total. The summed E-state index contributed by atoms with van der Waals surface area (Å²) in [5, 5.41) is 0. The first-order chi connectivity index (χ1) is 4.41. The van der Waals surface area contributed by atoms with Gasteiger partial charge < -0.3 is 0 Å². The fourth-order valence-electron chi connectivity index (χ4n) is 0.754. The predicted molar refractivity (Wildman–Crippen MR) is 39.2 cm³/mol. The van der Waals surface area contributed by atoms with Gasteiger partial charge in [0.05, 0.1) is 0 Å². The van der Waals surface area contributed by atoms with Gasteiger partial charge in [-0.2, -0.15) is 0 Å². The van der Waals surface area contributed by atoms with Crippen molar-refractivity contribution in [1.29, 1.82) is 0 Å². The SMILES string of the molecule is C=CC[CH2][Cd][CH2]CC=C. The maximum absolute atomic E-state index is 3.69. The molecule has 0 nitrogen and oxygen atoms in total. The Hall–Kier alpha value is 0.402. The van der Waals surface area contributed by atoms with Crippen LogP contribution in [0.2, 0.25) is 7.96 Å². The van der Waals surface area contributed by atoms with Gasteiger partial charge in [0.2, 0.25) is 0 Å². The number of hydrogen-bond acceptors (Lipinski definition) is 0. The quantitative estimate of drug-likeness (QED) is 0.368. The predicted octanol–water partition coefficient (Wildman–Crippen LogP) is 3.06. The molecule has 0 aromatic rings. The Bertz CT molecular complexity index is 66.6. The fourth-order valence-corrected chi connectivity index (χ4v) is 5.06. The Morgan fingerprint density at radius 3 is 1.78 bits per heavy atom. The van der Waals surface area contributed by atoms with E-state index in [0.29, 0.717) is 0 Å². The summed E-state index contributed by atoms with van der Waals surface area (Å²) < 4.78 is 3.00. The van der Waals surface area contributed by atoms with Gasteiger partial charge in [0.15, 0.2) is 0 Å². The third kappa shape index (κ3) is 8.40. The molecule has 0 saturated carbocycles. The third-order valence-electron chi connectivity index (χ3n) is 1.32. The Labute approximate surface area is 70.3 Å². The average Bonchev–Trinajstić information content (AvgIpc) is 1.89. The van der Waals surface area contributed by atoms with Crippen LogP contribution in [0, 0.1) is 0 Å². The first-order valence-corrected chi connectivity index (χ1v) is 9.34. The van der Waals surface area contributed by atoms with E-state index in [9.17, 15) is 0 Å². The van der Waals surface area contributed by atoms with E-state index >= 15 is 0 Å². The van der Waals surface area contributed by atoms with E-state index in [1.165, 1.54) is 20.8 Å². The van der Waals surface area contributed by atoms with Gasteiger partial charge in [-0.1, -0.05) is 0 Å². The second-order valence-electron chi connectivity index (χ2n) is 2.22. The van der Waals surface area contributed by atoms with Crippen LogP contribution in [0.4, 0.5) is 0 Å². The molecule has 9 heavy (non-hydrogen) atoms. The summed E-state index contributed by atoms with van der Waals surface area (Å²) in [4.78, 5) is 0. The van der Waals surface area contributed by atoms with E-state index in [2.05, 4.69) is 13.2 Å². The molecule has 1 heteroatoms. The molecule has 0 aromatic carbocycles. The molecule has 0 aromatic heterocycles. The molecule has 0 aliphatic rings. The van der Waals surface area contributed by atoms with E-state index in [-0.39, 0.29) is 24.2 Å². The molecule has 0 unspecified atom stereocenters. The van der Waals surface area contributed by atoms with Crippen LogP contribution < -0.4 is 0 Å². The number of hydrogen-bond donors (Lipinski definition) is 0. The van der Waals surface area contributed by atoms with Crippen molar-refractivity contribution in [3.05, 3.63) is 25.3 Å². The first kappa shape index (κ1) is 9.40. The molecule has 0 fully saturated rings. The zero-order chi connectivity index (χ0) is 6.95. The van der Waals surface area contributed by atoms with Crippen LogP contribution in [0.1, 0.15) is 12.8 Å². The summed E-state index contributed by atoms with van der Waals surface area (Å²) in [5.41, 5.74) is 0. The van der Waals surface area contributed by atoms with E-state index in [1.54, 1.807) is 0 Å². The van der Waals surface area contributed by atoms with Crippen LogP contribution in [-0.4, -0.2) is 0 Å². The molecule has 0 aliphatic carbocycles. The molecule has 0 spiro atoms. The summed E-state index contributed by atoms with van der Waals surface area (Å²) in [6, 6.07) is 0. The third-order valence-corrected chi connectivity index (χ3v) is 6.50. The molecular formula is C8H14Cd. The van der Waals surface area contributed by atoms with E-state index in [4.69, 9.17) is 0 Å². The topological polar surface area (TPSA) is 0 Å². The monoisotopic (exact) mass is 224 g/mol. The Morgan fingerprint density at radius 2 is 1.44 bits per heavy atom. The van der Waals surface area contributed by atoms with Crippen LogP contribution in [0.15, 0.2) is 25.3 Å². The molecule has 0 radical (unpaired) electrons. The van der Waals surface area contributed by atoms with Crippen LogP contribution in [0.25, 0.3) is 0 Å². The van der Waals surface area contributed by atoms with Crippen LogP contribution in [0.5, 0.6) is 0 Å². The van der Waals surface area contributed by atoms with Crippen molar-refractivity contribution in [3.8, 4) is 0 Å². The average molecular weight is 223 g/mol. The van der Waals surface area contributed by atoms with Crippen LogP contribution in [-0.2, 0) is 24.2 Å². The van der Waals surface area contributed by atoms with Crippen molar-refractivity contribution in [2.24, 2.45) is 0 Å². The summed E-state index contributed by atoms with van der Waals surface area (Å²) in [6.07, 6.45) is 6.58. The Kier molecular flexibility index (Phi) is 8.78. The standard InChI is InChI=1S/2C4H7.Cd/c2*1-3-4-2;/h2*3H,1-2,4H2;. The van der Waals surface area contributed by atoms with Crippen LogP contribution in [0.3, 0.4) is 0 Å². The van der Waals surface area contributed by atoms with Crippen molar-refractivity contribution in [2.75, 3.05) is 0 Å². The van der Waals surface area contributed by atoms with Gasteiger partial charge in [-0.25, -0.2) is 0 Å². The van der Waals surface area contributed by atoms with Crippen molar-refractivity contribution < 1.29 is 24.2 Å². The van der Waals surface area contributed by atoms with Crippen molar-refractivity contribution in [1.82, 2.24) is 0 Å².